The Labute approximate surface area is 184 Å². The molecule has 1 atom stereocenters. The highest BCUT2D eigenvalue weighted by Gasteiger charge is 2.36. The molecule has 1 amide bonds. The predicted octanol–water partition coefficient (Wildman–Crippen LogP) is 2.35. The van der Waals surface area contributed by atoms with Crippen LogP contribution in [-0.4, -0.2) is 56.2 Å². The summed E-state index contributed by atoms with van der Waals surface area (Å²) in [5.41, 5.74) is 4.79. The van der Waals surface area contributed by atoms with Gasteiger partial charge in [0.1, 0.15) is 5.69 Å². The van der Waals surface area contributed by atoms with E-state index in [-0.39, 0.29) is 28.4 Å². The molecule has 0 bridgehead atoms. The highest BCUT2D eigenvalue weighted by atomic mass is 32.2. The molecule has 1 aromatic heterocycles. The van der Waals surface area contributed by atoms with Crippen LogP contribution in [0.3, 0.4) is 0 Å². The first kappa shape index (κ1) is 23.8. The Morgan fingerprint density at radius 3 is 2.47 bits per heavy atom. The average Bonchev–Trinajstić information content (AvgIpc) is 2.71. The van der Waals surface area contributed by atoms with Gasteiger partial charge in [-0.2, -0.15) is 13.2 Å². The molecule has 1 saturated heterocycles. The lowest BCUT2D eigenvalue weighted by atomic mass is 9.99. The van der Waals surface area contributed by atoms with Crippen LogP contribution in [0.4, 0.5) is 24.8 Å². The monoisotopic (exact) mass is 471 g/mol. The van der Waals surface area contributed by atoms with Gasteiger partial charge >= 0.3 is 6.18 Å². The number of aromatic nitrogens is 2. The molecule has 1 aliphatic heterocycles. The maximum atomic E-state index is 13.1. The predicted molar refractivity (Wildman–Crippen MR) is 113 cm³/mol. The minimum atomic E-state index is -4.57. The minimum absolute atomic E-state index is 0.000855. The van der Waals surface area contributed by atoms with Crippen molar-refractivity contribution in [1.82, 2.24) is 9.97 Å². The number of halogens is 3. The molecule has 3 rings (SSSR count). The number of nitrogens with zero attached hydrogens (tertiary/aromatic N) is 4. The number of alkyl halides is 3. The summed E-state index contributed by atoms with van der Waals surface area (Å²) >= 11 is 0. The number of benzene rings is 1. The molecular formula is C20H24F3N5O3S. The average molecular weight is 472 g/mol. The van der Waals surface area contributed by atoms with E-state index < -0.39 is 27.6 Å². The van der Waals surface area contributed by atoms with Gasteiger partial charge in [-0.25, -0.2) is 18.4 Å². The van der Waals surface area contributed by atoms with Gasteiger partial charge in [0.15, 0.2) is 9.84 Å². The van der Waals surface area contributed by atoms with Crippen molar-refractivity contribution in [2.24, 2.45) is 11.7 Å². The molecule has 0 saturated carbocycles. The topological polar surface area (TPSA) is 109 Å². The molecule has 0 aliphatic carbocycles. The third-order valence-corrected chi connectivity index (χ3v) is 6.51. The van der Waals surface area contributed by atoms with Crippen molar-refractivity contribution in [3.05, 3.63) is 41.7 Å². The maximum absolute atomic E-state index is 13.1. The lowest BCUT2D eigenvalue weighted by Crippen LogP contribution is -2.56. The van der Waals surface area contributed by atoms with Crippen molar-refractivity contribution in [2.45, 2.75) is 31.0 Å². The lowest BCUT2D eigenvalue weighted by molar-refractivity contribution is -0.141. The van der Waals surface area contributed by atoms with E-state index in [1.54, 1.807) is 11.0 Å². The summed E-state index contributed by atoms with van der Waals surface area (Å²) in [4.78, 5) is 22.9. The number of hydrogen-bond donors (Lipinski definition) is 1. The van der Waals surface area contributed by atoms with Gasteiger partial charge in [-0.15, -0.1) is 0 Å². The quantitative estimate of drug-likeness (QED) is 0.713. The number of nitrogens with two attached hydrogens (primary N) is 1. The van der Waals surface area contributed by atoms with E-state index in [1.807, 2.05) is 18.7 Å². The molecule has 0 spiro atoms. The number of piperazine rings is 1. The first-order valence-electron chi connectivity index (χ1n) is 9.84. The van der Waals surface area contributed by atoms with Crippen molar-refractivity contribution < 1.29 is 26.4 Å². The third-order valence-electron chi connectivity index (χ3n) is 5.37. The molecule has 1 aromatic carbocycles. The lowest BCUT2D eigenvalue weighted by Gasteiger charge is -2.44. The summed E-state index contributed by atoms with van der Waals surface area (Å²) in [5.74, 6) is -0.808. The number of amides is 1. The molecule has 2 heterocycles. The van der Waals surface area contributed by atoms with Crippen LogP contribution in [0, 0.1) is 5.92 Å². The van der Waals surface area contributed by atoms with Crippen LogP contribution >= 0.6 is 0 Å². The summed E-state index contributed by atoms with van der Waals surface area (Å²) in [7, 11) is -3.71. The summed E-state index contributed by atoms with van der Waals surface area (Å²) in [6.07, 6.45) is -2.48. The van der Waals surface area contributed by atoms with Crippen molar-refractivity contribution in [1.29, 1.82) is 0 Å². The highest BCUT2D eigenvalue weighted by molar-refractivity contribution is 7.90. The Bertz CT molecular complexity index is 1120. The fourth-order valence-electron chi connectivity index (χ4n) is 3.73. The number of anilines is 2. The molecule has 32 heavy (non-hydrogen) atoms. The van der Waals surface area contributed by atoms with Gasteiger partial charge in [-0.05, 0) is 30.2 Å². The van der Waals surface area contributed by atoms with Crippen molar-refractivity contribution in [3.63, 3.8) is 0 Å². The van der Waals surface area contributed by atoms with E-state index in [4.69, 9.17) is 5.73 Å². The van der Waals surface area contributed by atoms with Gasteiger partial charge in [0.2, 0.25) is 11.9 Å². The van der Waals surface area contributed by atoms with E-state index in [1.165, 1.54) is 12.1 Å². The van der Waals surface area contributed by atoms with Crippen molar-refractivity contribution in [2.75, 3.05) is 35.7 Å². The van der Waals surface area contributed by atoms with Crippen molar-refractivity contribution in [3.8, 4) is 0 Å². The third kappa shape index (κ3) is 4.95. The van der Waals surface area contributed by atoms with E-state index in [9.17, 15) is 26.4 Å². The minimum Gasteiger partial charge on any atom is -0.368 e. The zero-order valence-corrected chi connectivity index (χ0v) is 18.6. The molecule has 0 unspecified atom stereocenters. The fourth-order valence-corrected chi connectivity index (χ4v) is 4.63. The van der Waals surface area contributed by atoms with Gasteiger partial charge in [0.05, 0.1) is 16.5 Å². The summed E-state index contributed by atoms with van der Waals surface area (Å²) < 4.78 is 63.6. The number of hydrogen-bond acceptors (Lipinski definition) is 7. The first-order valence-corrected chi connectivity index (χ1v) is 11.7. The largest absolute Gasteiger partial charge is 0.433 e. The Morgan fingerprint density at radius 2 is 1.91 bits per heavy atom. The normalized spacial score (nSPS) is 17.7. The number of carbonyl (C=O) groups excluding carboxylic acids is 1. The molecule has 12 heteroatoms. The maximum Gasteiger partial charge on any atom is 0.433 e. The number of carbonyl (C=O) groups is 1. The molecule has 8 nitrogen and oxygen atoms in total. The van der Waals surface area contributed by atoms with Crippen LogP contribution < -0.4 is 15.5 Å². The zero-order chi connectivity index (χ0) is 23.8. The van der Waals surface area contributed by atoms with E-state index in [0.29, 0.717) is 25.3 Å². The van der Waals surface area contributed by atoms with E-state index in [2.05, 4.69) is 9.97 Å². The fraction of sp³-hybridized carbons (Fsp3) is 0.450. The molecular weight excluding hydrogens is 447 g/mol. The second-order valence-corrected chi connectivity index (χ2v) is 9.99. The van der Waals surface area contributed by atoms with Crippen LogP contribution in [0.25, 0.3) is 0 Å². The Kier molecular flexibility index (Phi) is 6.36. The summed E-state index contributed by atoms with van der Waals surface area (Å²) in [6, 6.07) is 4.99. The highest BCUT2D eigenvalue weighted by Crippen LogP contribution is 2.31. The first-order chi connectivity index (χ1) is 14.8. The molecule has 2 aromatic rings. The second-order valence-electron chi connectivity index (χ2n) is 8.01. The Balaban J connectivity index is 1.93. The molecule has 1 aliphatic rings. The SMILES string of the molecule is CC(C)[C@@H]1CN(c2ccc(C(N)=O)c(S(C)(=O)=O)c2)CCN1c1nccc(C(F)(F)F)n1. The standard InChI is InChI=1S/C20H24F3N5O3S/c1-12(2)15-11-27(13-4-5-14(18(24)29)16(10-13)32(3,30)31)8-9-28(15)19-25-7-6-17(26-19)20(21,22)23/h4-7,10,12,15H,8-9,11H2,1-3H3,(H2,24,29)/t15-/m0/s1. The summed E-state index contributed by atoms with van der Waals surface area (Å²) in [5, 5.41) is 0. The van der Waals surface area contributed by atoms with Gasteiger partial charge in [0, 0.05) is 37.8 Å². The van der Waals surface area contributed by atoms with Crippen LogP contribution in [0.5, 0.6) is 0 Å². The Morgan fingerprint density at radius 1 is 1.22 bits per heavy atom. The second kappa shape index (κ2) is 8.57. The van der Waals surface area contributed by atoms with Crippen LogP contribution in [0.1, 0.15) is 29.9 Å². The Hall–Kier alpha value is -2.89. The van der Waals surface area contributed by atoms with Gasteiger partial charge in [-0.1, -0.05) is 13.8 Å². The van der Waals surface area contributed by atoms with Gasteiger partial charge in [-0.3, -0.25) is 4.79 Å². The van der Waals surface area contributed by atoms with Crippen LogP contribution in [0.2, 0.25) is 0 Å². The van der Waals surface area contributed by atoms with Crippen LogP contribution in [-0.2, 0) is 16.0 Å². The van der Waals surface area contributed by atoms with Crippen molar-refractivity contribution >= 4 is 27.4 Å². The van der Waals surface area contributed by atoms with E-state index in [0.717, 1.165) is 18.5 Å². The summed E-state index contributed by atoms with van der Waals surface area (Å²) in [6.45, 7) is 4.99. The smallest absolute Gasteiger partial charge is 0.368 e. The number of sulfone groups is 1. The van der Waals surface area contributed by atoms with E-state index >= 15 is 0 Å². The molecule has 1 fully saturated rings. The number of primary amides is 1. The molecule has 174 valence electrons. The van der Waals surface area contributed by atoms with Gasteiger partial charge < -0.3 is 15.5 Å². The number of rotatable bonds is 5. The molecule has 0 radical (unpaired) electrons. The van der Waals surface area contributed by atoms with Crippen LogP contribution in [0.15, 0.2) is 35.4 Å². The van der Waals surface area contributed by atoms with Gasteiger partial charge in [0.25, 0.3) is 0 Å². The molecule has 2 N–H and O–H groups in total. The zero-order valence-electron chi connectivity index (χ0n) is 17.8.